The Balaban J connectivity index is 2.05. The highest BCUT2D eigenvalue weighted by Gasteiger charge is 2.21. The first-order chi connectivity index (χ1) is 9.63. The SMILES string of the molecule is CCC1CCC(Nc2ccc(C#N)c([N+](=O)[O-])c2)CC1. The van der Waals surface area contributed by atoms with Crippen LogP contribution in [-0.2, 0) is 0 Å². The molecule has 5 heteroatoms. The Morgan fingerprint density at radius 3 is 2.65 bits per heavy atom. The number of hydrogen-bond acceptors (Lipinski definition) is 4. The molecule has 1 aliphatic carbocycles. The molecule has 1 N–H and O–H groups in total. The summed E-state index contributed by atoms with van der Waals surface area (Å²) in [6.45, 7) is 2.22. The van der Waals surface area contributed by atoms with Crippen LogP contribution >= 0.6 is 0 Å². The van der Waals surface area contributed by atoms with Crippen molar-refractivity contribution >= 4 is 11.4 Å². The molecule has 1 aromatic rings. The smallest absolute Gasteiger partial charge is 0.289 e. The number of nitriles is 1. The van der Waals surface area contributed by atoms with Gasteiger partial charge in [-0.3, -0.25) is 10.1 Å². The first-order valence-electron chi connectivity index (χ1n) is 7.09. The van der Waals surface area contributed by atoms with E-state index in [0.29, 0.717) is 6.04 Å². The number of anilines is 1. The van der Waals surface area contributed by atoms with Crippen molar-refractivity contribution < 1.29 is 4.92 Å². The molecule has 5 nitrogen and oxygen atoms in total. The molecular weight excluding hydrogens is 254 g/mol. The summed E-state index contributed by atoms with van der Waals surface area (Å²) in [5.41, 5.74) is 0.714. The molecule has 0 radical (unpaired) electrons. The van der Waals surface area contributed by atoms with E-state index in [4.69, 9.17) is 5.26 Å². The van der Waals surface area contributed by atoms with Gasteiger partial charge in [0, 0.05) is 17.8 Å². The number of hydrogen-bond donors (Lipinski definition) is 1. The predicted octanol–water partition coefficient (Wildman–Crippen LogP) is 3.85. The summed E-state index contributed by atoms with van der Waals surface area (Å²) in [5, 5.41) is 23.2. The molecule has 1 aromatic carbocycles. The fourth-order valence-corrected chi connectivity index (χ4v) is 2.82. The number of nitro benzene ring substituents is 1. The van der Waals surface area contributed by atoms with E-state index in [1.54, 1.807) is 6.07 Å². The minimum Gasteiger partial charge on any atom is -0.382 e. The molecule has 106 valence electrons. The molecule has 1 fully saturated rings. The highest BCUT2D eigenvalue weighted by molar-refractivity contribution is 5.59. The van der Waals surface area contributed by atoms with Crippen molar-refractivity contribution in [2.45, 2.75) is 45.1 Å². The lowest BCUT2D eigenvalue weighted by Crippen LogP contribution is -2.25. The van der Waals surface area contributed by atoms with Crippen molar-refractivity contribution in [1.29, 1.82) is 5.26 Å². The fourth-order valence-electron chi connectivity index (χ4n) is 2.82. The van der Waals surface area contributed by atoms with E-state index in [0.717, 1.165) is 24.4 Å². The summed E-state index contributed by atoms with van der Waals surface area (Å²) in [5.74, 6) is 0.823. The van der Waals surface area contributed by atoms with E-state index in [1.165, 1.54) is 31.4 Å². The van der Waals surface area contributed by atoms with Crippen LogP contribution in [0.1, 0.15) is 44.6 Å². The zero-order valence-corrected chi connectivity index (χ0v) is 11.6. The summed E-state index contributed by atoms with van der Waals surface area (Å²) in [7, 11) is 0. The van der Waals surface area contributed by atoms with Crippen LogP contribution < -0.4 is 5.32 Å². The Morgan fingerprint density at radius 1 is 1.40 bits per heavy atom. The van der Waals surface area contributed by atoms with Crippen molar-refractivity contribution in [3.63, 3.8) is 0 Å². The van der Waals surface area contributed by atoms with Gasteiger partial charge in [-0.05, 0) is 43.7 Å². The number of nitro groups is 1. The van der Waals surface area contributed by atoms with E-state index in [9.17, 15) is 10.1 Å². The zero-order chi connectivity index (χ0) is 14.5. The first-order valence-corrected chi connectivity index (χ1v) is 7.09. The maximum atomic E-state index is 10.9. The van der Waals surface area contributed by atoms with Crippen LogP contribution in [0.2, 0.25) is 0 Å². The predicted molar refractivity (Wildman–Crippen MR) is 77.5 cm³/mol. The first kappa shape index (κ1) is 14.3. The molecule has 0 atom stereocenters. The summed E-state index contributed by atoms with van der Waals surface area (Å²) in [4.78, 5) is 10.4. The number of benzene rings is 1. The second-order valence-corrected chi connectivity index (χ2v) is 5.37. The molecule has 1 saturated carbocycles. The molecule has 0 unspecified atom stereocenters. The highest BCUT2D eigenvalue weighted by Crippen LogP contribution is 2.30. The Bertz CT molecular complexity index is 528. The highest BCUT2D eigenvalue weighted by atomic mass is 16.6. The maximum absolute atomic E-state index is 10.9. The van der Waals surface area contributed by atoms with Gasteiger partial charge < -0.3 is 5.32 Å². The monoisotopic (exact) mass is 273 g/mol. The molecule has 0 heterocycles. The molecule has 0 aromatic heterocycles. The van der Waals surface area contributed by atoms with Crippen LogP contribution in [0.5, 0.6) is 0 Å². The van der Waals surface area contributed by atoms with Gasteiger partial charge in [0.1, 0.15) is 11.6 Å². The van der Waals surface area contributed by atoms with Crippen molar-refractivity contribution in [2.75, 3.05) is 5.32 Å². The van der Waals surface area contributed by atoms with E-state index < -0.39 is 4.92 Å². The van der Waals surface area contributed by atoms with Gasteiger partial charge >= 0.3 is 0 Å². The summed E-state index contributed by atoms with van der Waals surface area (Å²) >= 11 is 0. The van der Waals surface area contributed by atoms with Crippen LogP contribution in [-0.4, -0.2) is 11.0 Å². The van der Waals surface area contributed by atoms with Crippen molar-refractivity contribution in [1.82, 2.24) is 0 Å². The number of rotatable bonds is 4. The zero-order valence-electron chi connectivity index (χ0n) is 11.6. The van der Waals surface area contributed by atoms with Crippen molar-refractivity contribution in [2.24, 2.45) is 5.92 Å². The second-order valence-electron chi connectivity index (χ2n) is 5.37. The lowest BCUT2D eigenvalue weighted by molar-refractivity contribution is -0.385. The van der Waals surface area contributed by atoms with Gasteiger partial charge in [-0.1, -0.05) is 13.3 Å². The minimum atomic E-state index is -0.502. The Morgan fingerprint density at radius 2 is 2.10 bits per heavy atom. The molecule has 0 bridgehead atoms. The van der Waals surface area contributed by atoms with Gasteiger partial charge in [-0.25, -0.2) is 0 Å². The Kier molecular flexibility index (Phi) is 4.57. The third-order valence-electron chi connectivity index (χ3n) is 4.11. The van der Waals surface area contributed by atoms with Gasteiger partial charge in [0.05, 0.1) is 4.92 Å². The molecule has 0 aliphatic heterocycles. The molecular formula is C15H19N3O2. The molecule has 20 heavy (non-hydrogen) atoms. The molecule has 0 amide bonds. The van der Waals surface area contributed by atoms with Gasteiger partial charge in [-0.15, -0.1) is 0 Å². The standard InChI is InChI=1S/C15H19N3O2/c1-2-11-3-6-13(7-4-11)17-14-8-5-12(10-16)15(9-14)18(19)20/h5,8-9,11,13,17H,2-4,6-7H2,1H3. The summed E-state index contributed by atoms with van der Waals surface area (Å²) in [6.07, 6.45) is 5.87. The molecule has 1 aliphatic rings. The summed E-state index contributed by atoms with van der Waals surface area (Å²) < 4.78 is 0. The van der Waals surface area contributed by atoms with E-state index in [-0.39, 0.29) is 11.3 Å². The van der Waals surface area contributed by atoms with Gasteiger partial charge in [0.25, 0.3) is 5.69 Å². The Hall–Kier alpha value is -2.09. The van der Waals surface area contributed by atoms with Crippen LogP contribution in [0.4, 0.5) is 11.4 Å². The molecule has 0 saturated heterocycles. The molecule has 2 rings (SSSR count). The average molecular weight is 273 g/mol. The summed E-state index contributed by atoms with van der Waals surface area (Å²) in [6, 6.07) is 6.95. The van der Waals surface area contributed by atoms with E-state index in [1.807, 2.05) is 6.07 Å². The van der Waals surface area contributed by atoms with Gasteiger partial charge in [0.2, 0.25) is 0 Å². The van der Waals surface area contributed by atoms with Gasteiger partial charge in [0.15, 0.2) is 0 Å². The van der Waals surface area contributed by atoms with E-state index >= 15 is 0 Å². The Labute approximate surface area is 118 Å². The van der Waals surface area contributed by atoms with Crippen LogP contribution in [0.25, 0.3) is 0 Å². The maximum Gasteiger partial charge on any atom is 0.289 e. The number of nitrogens with one attached hydrogen (secondary N) is 1. The number of nitrogens with zero attached hydrogens (tertiary/aromatic N) is 2. The van der Waals surface area contributed by atoms with Crippen LogP contribution in [0, 0.1) is 27.4 Å². The second kappa shape index (κ2) is 6.38. The fraction of sp³-hybridized carbons (Fsp3) is 0.533. The topological polar surface area (TPSA) is 79.0 Å². The third kappa shape index (κ3) is 3.27. The lowest BCUT2D eigenvalue weighted by Gasteiger charge is -2.29. The van der Waals surface area contributed by atoms with Gasteiger partial charge in [-0.2, -0.15) is 5.26 Å². The lowest BCUT2D eigenvalue weighted by atomic mass is 9.84. The normalized spacial score (nSPS) is 22.0. The third-order valence-corrected chi connectivity index (χ3v) is 4.11. The molecule has 0 spiro atoms. The van der Waals surface area contributed by atoms with Crippen LogP contribution in [0.3, 0.4) is 0 Å². The van der Waals surface area contributed by atoms with Crippen molar-refractivity contribution in [3.8, 4) is 6.07 Å². The van der Waals surface area contributed by atoms with Crippen LogP contribution in [0.15, 0.2) is 18.2 Å². The average Bonchev–Trinajstić information content (AvgIpc) is 2.48. The van der Waals surface area contributed by atoms with E-state index in [2.05, 4.69) is 12.2 Å². The minimum absolute atomic E-state index is 0.107. The largest absolute Gasteiger partial charge is 0.382 e. The van der Waals surface area contributed by atoms with Crippen molar-refractivity contribution in [3.05, 3.63) is 33.9 Å². The quantitative estimate of drug-likeness (QED) is 0.667.